The van der Waals surface area contributed by atoms with Gasteiger partial charge >= 0.3 is 5.97 Å². The van der Waals surface area contributed by atoms with Crippen LogP contribution in [0.2, 0.25) is 15.2 Å². The number of rotatable bonds is 2. The Morgan fingerprint density at radius 2 is 1.85 bits per heavy atom. The molecule has 2 N–H and O–H groups in total. The minimum atomic E-state index is -1.28. The van der Waals surface area contributed by atoms with Gasteiger partial charge in [-0.3, -0.25) is 4.79 Å². The summed E-state index contributed by atoms with van der Waals surface area (Å²) in [5, 5.41) is 7.47. The van der Waals surface area contributed by atoms with E-state index in [1.807, 2.05) is 0 Å². The molecule has 3 nitrogen and oxygen atoms in total. The van der Waals surface area contributed by atoms with Crippen LogP contribution in [0.25, 0.3) is 0 Å². The highest BCUT2D eigenvalue weighted by Gasteiger charge is 2.24. The second-order valence-electron chi connectivity index (χ2n) is 2.18. The summed E-state index contributed by atoms with van der Waals surface area (Å²) in [6, 6.07) is 0. The smallest absolute Gasteiger partial charge is 0.327 e. The highest BCUT2D eigenvalue weighted by atomic mass is 35.5. The first-order valence-electron chi connectivity index (χ1n) is 3.04. The van der Waals surface area contributed by atoms with Crippen molar-refractivity contribution in [2.24, 2.45) is 0 Å². The van der Waals surface area contributed by atoms with Gasteiger partial charge in [-0.25, -0.2) is 0 Å². The molecule has 0 amide bonds. The summed E-state index contributed by atoms with van der Waals surface area (Å²) < 4.78 is 0. The summed E-state index contributed by atoms with van der Waals surface area (Å²) in [6.07, 6.45) is 0. The number of aliphatic carboxylic acids is 1. The summed E-state index contributed by atoms with van der Waals surface area (Å²) in [5.74, 6) is -1.22. The van der Waals surface area contributed by atoms with Crippen molar-refractivity contribution in [2.45, 2.75) is 5.38 Å². The van der Waals surface area contributed by atoms with Gasteiger partial charge in [0.2, 0.25) is 0 Å². The van der Waals surface area contributed by atoms with E-state index < -0.39 is 11.3 Å². The summed E-state index contributed by atoms with van der Waals surface area (Å²) in [5.41, 5.74) is 0.0887. The number of nitrogens with one attached hydrogen (secondary N) is 1. The second-order valence-corrected chi connectivity index (χ2v) is 3.75. The van der Waals surface area contributed by atoms with Gasteiger partial charge in [0.25, 0.3) is 0 Å². The zero-order valence-corrected chi connectivity index (χ0v) is 8.97. The molecule has 1 unspecified atom stereocenters. The number of carboxylic acid groups (broad SMARTS) is 1. The molecule has 7 heteroatoms. The zero-order chi connectivity index (χ0) is 10.2. The molecular weight excluding hydrogens is 260 g/mol. The van der Waals surface area contributed by atoms with Crippen molar-refractivity contribution in [3.8, 4) is 0 Å². The quantitative estimate of drug-likeness (QED) is 0.804. The molecule has 0 fully saturated rings. The average molecular weight is 263 g/mol. The predicted octanol–water partition coefficient (Wildman–Crippen LogP) is 3.34. The van der Waals surface area contributed by atoms with Crippen LogP contribution in [0.15, 0.2) is 0 Å². The lowest BCUT2D eigenvalue weighted by molar-refractivity contribution is -0.136. The summed E-state index contributed by atoms with van der Waals surface area (Å²) in [4.78, 5) is 13.0. The molecule has 1 rings (SSSR count). The highest BCUT2D eigenvalue weighted by Crippen LogP contribution is 2.37. The van der Waals surface area contributed by atoms with Gasteiger partial charge in [0, 0.05) is 0 Å². The summed E-state index contributed by atoms with van der Waals surface area (Å²) in [6.45, 7) is 0. The molecule has 0 aliphatic rings. The first-order valence-corrected chi connectivity index (χ1v) is 4.61. The molecule has 1 aromatic heterocycles. The molecular formula is C6H3Cl4NO2. The summed E-state index contributed by atoms with van der Waals surface area (Å²) >= 11 is 22.3. The van der Waals surface area contributed by atoms with E-state index in [0.29, 0.717) is 0 Å². The fourth-order valence-electron chi connectivity index (χ4n) is 0.741. The van der Waals surface area contributed by atoms with Crippen molar-refractivity contribution in [1.82, 2.24) is 4.98 Å². The molecule has 0 saturated heterocycles. The number of aromatic nitrogens is 1. The maximum Gasteiger partial charge on any atom is 0.327 e. The third-order valence-electron chi connectivity index (χ3n) is 1.34. The van der Waals surface area contributed by atoms with Gasteiger partial charge in [-0.2, -0.15) is 0 Å². The standard InChI is InChI=1S/C6H3Cl4NO2/c7-1-2(8)5(10)11-4(1)3(9)6(12)13/h3,11H,(H,12,13). The second kappa shape index (κ2) is 3.96. The Morgan fingerprint density at radius 1 is 1.31 bits per heavy atom. The van der Waals surface area contributed by atoms with Crippen LogP contribution in [0, 0.1) is 0 Å². The molecule has 0 bridgehead atoms. The lowest BCUT2D eigenvalue weighted by Gasteiger charge is -2.00. The number of hydrogen-bond acceptors (Lipinski definition) is 1. The third-order valence-corrected chi connectivity index (χ3v) is 2.99. The van der Waals surface area contributed by atoms with E-state index >= 15 is 0 Å². The number of aromatic amines is 1. The molecule has 1 heterocycles. The van der Waals surface area contributed by atoms with Gasteiger partial charge in [-0.15, -0.1) is 11.6 Å². The van der Waals surface area contributed by atoms with Crippen molar-refractivity contribution in [2.75, 3.05) is 0 Å². The Bertz CT molecular complexity index is 349. The Balaban J connectivity index is 3.15. The molecule has 0 saturated carbocycles. The van der Waals surface area contributed by atoms with Crippen molar-refractivity contribution in [3.05, 3.63) is 20.9 Å². The van der Waals surface area contributed by atoms with Crippen LogP contribution in [0.4, 0.5) is 0 Å². The lowest BCUT2D eigenvalue weighted by atomic mass is 10.3. The normalized spacial score (nSPS) is 12.9. The van der Waals surface area contributed by atoms with E-state index in [4.69, 9.17) is 51.5 Å². The van der Waals surface area contributed by atoms with Gasteiger partial charge in [0.15, 0.2) is 5.38 Å². The van der Waals surface area contributed by atoms with Crippen LogP contribution >= 0.6 is 46.4 Å². The maximum atomic E-state index is 10.5. The van der Waals surface area contributed by atoms with Gasteiger partial charge in [-0.05, 0) is 0 Å². The zero-order valence-electron chi connectivity index (χ0n) is 5.94. The molecule has 1 atom stereocenters. The minimum absolute atomic E-state index is 0.0362. The lowest BCUT2D eigenvalue weighted by Crippen LogP contribution is -2.05. The third kappa shape index (κ3) is 2.05. The monoisotopic (exact) mass is 261 g/mol. The summed E-state index contributed by atoms with van der Waals surface area (Å²) in [7, 11) is 0. The first kappa shape index (κ1) is 11.0. The molecule has 0 aliphatic heterocycles. The van der Waals surface area contributed by atoms with E-state index in [1.165, 1.54) is 0 Å². The van der Waals surface area contributed by atoms with Crippen molar-refractivity contribution >= 4 is 52.4 Å². The number of halogens is 4. The molecule has 0 aliphatic carbocycles. The van der Waals surface area contributed by atoms with E-state index in [2.05, 4.69) is 4.98 Å². The Hall–Kier alpha value is -0.0900. The van der Waals surface area contributed by atoms with Crippen LogP contribution in [-0.2, 0) is 4.79 Å². The van der Waals surface area contributed by atoms with Crippen molar-refractivity contribution < 1.29 is 9.90 Å². The number of H-pyrrole nitrogens is 1. The van der Waals surface area contributed by atoms with E-state index in [-0.39, 0.29) is 20.9 Å². The minimum Gasteiger partial charge on any atom is -0.480 e. The SMILES string of the molecule is O=C(O)C(Cl)c1[nH]c(Cl)c(Cl)c1Cl. The van der Waals surface area contributed by atoms with Gasteiger partial charge in [0.05, 0.1) is 15.7 Å². The fraction of sp³-hybridized carbons (Fsp3) is 0.167. The van der Waals surface area contributed by atoms with E-state index in [1.54, 1.807) is 0 Å². The molecule has 0 aromatic carbocycles. The Labute approximate surface area is 93.5 Å². The van der Waals surface area contributed by atoms with E-state index in [9.17, 15) is 4.79 Å². The van der Waals surface area contributed by atoms with Crippen molar-refractivity contribution in [3.63, 3.8) is 0 Å². The largest absolute Gasteiger partial charge is 0.480 e. The average Bonchev–Trinajstić information content (AvgIpc) is 2.31. The van der Waals surface area contributed by atoms with Gasteiger partial charge in [-0.1, -0.05) is 34.8 Å². The van der Waals surface area contributed by atoms with E-state index in [0.717, 1.165) is 0 Å². The Kier molecular flexibility index (Phi) is 3.35. The first-order chi connectivity index (χ1) is 5.95. The number of alkyl halides is 1. The molecule has 72 valence electrons. The molecule has 1 aromatic rings. The molecule has 13 heavy (non-hydrogen) atoms. The number of hydrogen-bond donors (Lipinski definition) is 2. The maximum absolute atomic E-state index is 10.5. The van der Waals surface area contributed by atoms with Crippen LogP contribution in [0.1, 0.15) is 11.1 Å². The van der Waals surface area contributed by atoms with Crippen LogP contribution < -0.4 is 0 Å². The number of carboxylic acids is 1. The van der Waals surface area contributed by atoms with Crippen LogP contribution in [0.3, 0.4) is 0 Å². The molecule has 0 radical (unpaired) electrons. The van der Waals surface area contributed by atoms with Crippen LogP contribution in [-0.4, -0.2) is 16.1 Å². The molecule has 0 spiro atoms. The Morgan fingerprint density at radius 3 is 2.15 bits per heavy atom. The van der Waals surface area contributed by atoms with Gasteiger partial charge < -0.3 is 10.1 Å². The van der Waals surface area contributed by atoms with Crippen molar-refractivity contribution in [1.29, 1.82) is 0 Å². The van der Waals surface area contributed by atoms with Crippen LogP contribution in [0.5, 0.6) is 0 Å². The number of carbonyl (C=O) groups is 1. The highest BCUT2D eigenvalue weighted by molar-refractivity contribution is 6.48. The fourth-order valence-corrected chi connectivity index (χ4v) is 1.60. The predicted molar refractivity (Wildman–Crippen MR) is 52.1 cm³/mol. The van der Waals surface area contributed by atoms with Gasteiger partial charge in [0.1, 0.15) is 5.15 Å². The topological polar surface area (TPSA) is 53.1 Å².